The third-order valence-corrected chi connectivity index (χ3v) is 5.93. The SMILES string of the molecule is O=C(NC1(COC(F)F)CC1)c1noc2c1CN(C(=O)c1cc3c(F)cc(F)cc3[nH]1)CC2. The first-order chi connectivity index (χ1) is 15.7. The maximum absolute atomic E-state index is 14.0. The number of nitrogens with one attached hydrogen (secondary N) is 2. The first kappa shape index (κ1) is 21.4. The fourth-order valence-electron chi connectivity index (χ4n) is 3.99. The highest BCUT2D eigenvalue weighted by atomic mass is 19.3. The molecule has 2 amide bonds. The number of aromatic nitrogens is 2. The number of alkyl halides is 2. The van der Waals surface area contributed by atoms with E-state index in [1.807, 2.05) is 0 Å². The van der Waals surface area contributed by atoms with Crippen LogP contribution in [0.3, 0.4) is 0 Å². The predicted octanol–water partition coefficient (Wildman–Crippen LogP) is 3.13. The minimum atomic E-state index is -2.94. The van der Waals surface area contributed by atoms with Gasteiger partial charge in [-0.1, -0.05) is 5.16 Å². The Kier molecular flexibility index (Phi) is 5.11. The summed E-state index contributed by atoms with van der Waals surface area (Å²) < 4.78 is 61.8. The van der Waals surface area contributed by atoms with Crippen LogP contribution < -0.4 is 5.32 Å². The number of nitrogens with zero attached hydrogens (tertiary/aromatic N) is 2. The summed E-state index contributed by atoms with van der Waals surface area (Å²) in [4.78, 5) is 29.9. The molecule has 2 aromatic heterocycles. The van der Waals surface area contributed by atoms with E-state index in [1.54, 1.807) is 0 Å². The van der Waals surface area contributed by atoms with Gasteiger partial charge in [-0.15, -0.1) is 0 Å². The van der Waals surface area contributed by atoms with Gasteiger partial charge in [0, 0.05) is 30.0 Å². The molecule has 1 aliphatic heterocycles. The van der Waals surface area contributed by atoms with Gasteiger partial charge < -0.3 is 24.5 Å². The molecule has 2 aliphatic rings. The fourth-order valence-corrected chi connectivity index (χ4v) is 3.99. The van der Waals surface area contributed by atoms with Gasteiger partial charge in [0.1, 0.15) is 23.1 Å². The topological polar surface area (TPSA) is 100 Å². The van der Waals surface area contributed by atoms with Gasteiger partial charge in [0.2, 0.25) is 0 Å². The quantitative estimate of drug-likeness (QED) is 0.544. The van der Waals surface area contributed by atoms with Crippen molar-refractivity contribution >= 4 is 22.7 Å². The van der Waals surface area contributed by atoms with Crippen molar-refractivity contribution in [2.24, 2.45) is 0 Å². The van der Waals surface area contributed by atoms with Crippen LogP contribution in [0, 0.1) is 11.6 Å². The number of H-pyrrole nitrogens is 1. The second-order valence-corrected chi connectivity index (χ2v) is 8.25. The van der Waals surface area contributed by atoms with Gasteiger partial charge in [-0.3, -0.25) is 9.59 Å². The van der Waals surface area contributed by atoms with Gasteiger partial charge in [-0.05, 0) is 25.0 Å². The lowest BCUT2D eigenvalue weighted by molar-refractivity contribution is -0.135. The maximum Gasteiger partial charge on any atom is 0.345 e. The Morgan fingerprint density at radius 2 is 2.06 bits per heavy atom. The van der Waals surface area contributed by atoms with Gasteiger partial charge in [0.15, 0.2) is 5.69 Å². The predicted molar refractivity (Wildman–Crippen MR) is 105 cm³/mol. The molecule has 0 atom stereocenters. The van der Waals surface area contributed by atoms with Crippen LogP contribution in [0.15, 0.2) is 22.7 Å². The molecule has 0 bridgehead atoms. The van der Waals surface area contributed by atoms with Crippen molar-refractivity contribution in [3.05, 3.63) is 52.5 Å². The molecular formula is C21H18F4N4O4. The van der Waals surface area contributed by atoms with Crippen LogP contribution in [0.5, 0.6) is 0 Å². The molecule has 1 saturated carbocycles. The van der Waals surface area contributed by atoms with Crippen molar-refractivity contribution in [2.45, 2.75) is 38.0 Å². The van der Waals surface area contributed by atoms with Crippen molar-refractivity contribution in [3.63, 3.8) is 0 Å². The number of aromatic amines is 1. The van der Waals surface area contributed by atoms with Crippen LogP contribution in [0.1, 0.15) is 45.1 Å². The molecule has 0 spiro atoms. The van der Waals surface area contributed by atoms with E-state index in [2.05, 4.69) is 20.2 Å². The van der Waals surface area contributed by atoms with Crippen molar-refractivity contribution < 1.29 is 36.4 Å². The molecule has 5 rings (SSSR count). The summed E-state index contributed by atoms with van der Waals surface area (Å²) in [6, 6.07) is 3.14. The summed E-state index contributed by atoms with van der Waals surface area (Å²) >= 11 is 0. The fraction of sp³-hybridized carbons (Fsp3) is 0.381. The average Bonchev–Trinajstić information content (AvgIpc) is 3.19. The van der Waals surface area contributed by atoms with Crippen LogP contribution in [-0.4, -0.2) is 52.2 Å². The van der Waals surface area contributed by atoms with E-state index in [1.165, 1.54) is 11.0 Å². The first-order valence-corrected chi connectivity index (χ1v) is 10.2. The summed E-state index contributed by atoms with van der Waals surface area (Å²) in [6.07, 6.45) is 1.28. The van der Waals surface area contributed by atoms with Gasteiger partial charge in [0.05, 0.1) is 24.2 Å². The molecule has 3 heterocycles. The second kappa shape index (κ2) is 7.87. The molecule has 2 N–H and O–H groups in total. The normalized spacial score (nSPS) is 16.8. The zero-order valence-electron chi connectivity index (χ0n) is 17.1. The molecule has 12 heteroatoms. The highest BCUT2D eigenvalue weighted by molar-refractivity contribution is 5.99. The molecule has 0 unspecified atom stereocenters. The van der Waals surface area contributed by atoms with Gasteiger partial charge in [0.25, 0.3) is 11.8 Å². The number of rotatable bonds is 6. The number of hydrogen-bond acceptors (Lipinski definition) is 5. The van der Waals surface area contributed by atoms with Crippen molar-refractivity contribution in [2.75, 3.05) is 13.2 Å². The van der Waals surface area contributed by atoms with Crippen LogP contribution in [-0.2, 0) is 17.7 Å². The van der Waals surface area contributed by atoms with E-state index in [4.69, 9.17) is 4.52 Å². The van der Waals surface area contributed by atoms with Crippen LogP contribution in [0.25, 0.3) is 10.9 Å². The summed E-state index contributed by atoms with van der Waals surface area (Å²) in [5.41, 5.74) is -0.268. The summed E-state index contributed by atoms with van der Waals surface area (Å²) in [5.74, 6) is -2.18. The van der Waals surface area contributed by atoms with E-state index in [-0.39, 0.29) is 42.0 Å². The number of carbonyl (C=O) groups is 2. The van der Waals surface area contributed by atoms with Crippen molar-refractivity contribution in [1.82, 2.24) is 20.4 Å². The minimum Gasteiger partial charge on any atom is -0.360 e. The smallest absolute Gasteiger partial charge is 0.345 e. The number of hydrogen-bond donors (Lipinski definition) is 2. The second-order valence-electron chi connectivity index (χ2n) is 8.25. The molecule has 1 aromatic carbocycles. The standard InChI is InChI=1S/C21H18F4N4O4/c22-10-5-13(23)11-7-15(26-14(11)6-10)19(31)29-4-1-16-12(8-29)17(28-33-16)18(30)27-21(2-3-21)9-32-20(24)25/h5-7,20,26H,1-4,8-9H2,(H,27,30). The summed E-state index contributed by atoms with van der Waals surface area (Å²) in [6.45, 7) is -2.99. The Morgan fingerprint density at radius 3 is 2.79 bits per heavy atom. The molecule has 8 nitrogen and oxygen atoms in total. The number of halogens is 4. The third-order valence-electron chi connectivity index (χ3n) is 5.93. The number of fused-ring (bicyclic) bond motifs is 2. The van der Waals surface area contributed by atoms with E-state index < -0.39 is 35.6 Å². The highest BCUT2D eigenvalue weighted by Gasteiger charge is 2.46. The minimum absolute atomic E-state index is 0.00711. The van der Waals surface area contributed by atoms with Crippen molar-refractivity contribution in [3.8, 4) is 0 Å². The van der Waals surface area contributed by atoms with Crippen LogP contribution in [0.2, 0.25) is 0 Å². The number of amides is 2. The summed E-state index contributed by atoms with van der Waals surface area (Å²) in [7, 11) is 0. The molecule has 1 aliphatic carbocycles. The number of benzene rings is 1. The van der Waals surface area contributed by atoms with Crippen LogP contribution in [0.4, 0.5) is 17.6 Å². The molecule has 1 fully saturated rings. The third kappa shape index (κ3) is 4.06. The lowest BCUT2D eigenvalue weighted by Gasteiger charge is -2.26. The Labute approximate surface area is 183 Å². The Bertz CT molecular complexity index is 1250. The van der Waals surface area contributed by atoms with Gasteiger partial charge in [-0.2, -0.15) is 8.78 Å². The maximum atomic E-state index is 14.0. The Balaban J connectivity index is 1.33. The lowest BCUT2D eigenvalue weighted by Crippen LogP contribution is -2.42. The van der Waals surface area contributed by atoms with Crippen LogP contribution >= 0.6 is 0 Å². The molecule has 0 saturated heterocycles. The zero-order valence-corrected chi connectivity index (χ0v) is 17.1. The van der Waals surface area contributed by atoms with Gasteiger partial charge >= 0.3 is 6.61 Å². The van der Waals surface area contributed by atoms with Crippen molar-refractivity contribution in [1.29, 1.82) is 0 Å². The lowest BCUT2D eigenvalue weighted by atomic mass is 10.0. The molecule has 0 radical (unpaired) electrons. The number of ether oxygens (including phenoxy) is 1. The Hall–Kier alpha value is -3.41. The molecular weight excluding hydrogens is 448 g/mol. The highest BCUT2D eigenvalue weighted by Crippen LogP contribution is 2.37. The zero-order chi connectivity index (χ0) is 23.3. The van der Waals surface area contributed by atoms with E-state index in [9.17, 15) is 27.2 Å². The summed E-state index contributed by atoms with van der Waals surface area (Å²) in [5, 5.41) is 6.57. The monoisotopic (exact) mass is 466 g/mol. The van der Waals surface area contributed by atoms with E-state index >= 15 is 0 Å². The van der Waals surface area contributed by atoms with Gasteiger partial charge in [-0.25, -0.2) is 8.78 Å². The number of carbonyl (C=O) groups excluding carboxylic acids is 2. The largest absolute Gasteiger partial charge is 0.360 e. The molecule has 33 heavy (non-hydrogen) atoms. The first-order valence-electron chi connectivity index (χ1n) is 10.2. The van der Waals surface area contributed by atoms with E-state index in [0.29, 0.717) is 30.6 Å². The molecule has 3 aromatic rings. The Morgan fingerprint density at radius 1 is 1.27 bits per heavy atom. The van der Waals surface area contributed by atoms with E-state index in [0.717, 1.165) is 12.1 Å². The average molecular weight is 466 g/mol. The molecule has 174 valence electrons.